The van der Waals surface area contributed by atoms with Gasteiger partial charge in [-0.1, -0.05) is 71.8 Å². The molecular weight excluding hydrogens is 552 g/mol. The molecule has 4 aromatic rings. The lowest BCUT2D eigenvalue weighted by Gasteiger charge is -2.16. The van der Waals surface area contributed by atoms with Gasteiger partial charge < -0.3 is 15.2 Å². The Morgan fingerprint density at radius 1 is 0.950 bits per heavy atom. The van der Waals surface area contributed by atoms with E-state index in [2.05, 4.69) is 10.0 Å². The number of aryl methyl sites for hydroxylation is 1. The zero-order valence-electron chi connectivity index (χ0n) is 21.7. The van der Waals surface area contributed by atoms with E-state index in [0.717, 1.165) is 22.4 Å². The van der Waals surface area contributed by atoms with Crippen molar-refractivity contribution in [3.8, 4) is 16.9 Å². The van der Waals surface area contributed by atoms with Crippen LogP contribution < -0.4 is 14.8 Å². The maximum atomic E-state index is 12.9. The van der Waals surface area contributed by atoms with Gasteiger partial charge in [-0.15, -0.1) is 0 Å². The lowest BCUT2D eigenvalue weighted by Crippen LogP contribution is -2.42. The number of methoxy groups -OCH3 is 1. The van der Waals surface area contributed by atoms with Crippen LogP contribution in [0.2, 0.25) is 5.02 Å². The Hall–Kier alpha value is -4.34. The summed E-state index contributed by atoms with van der Waals surface area (Å²) in [6.07, 6.45) is 0.0410. The van der Waals surface area contributed by atoms with Crippen molar-refractivity contribution in [1.29, 1.82) is 0 Å². The number of para-hydroxylation sites is 1. The maximum Gasteiger partial charge on any atom is 0.326 e. The Morgan fingerprint density at radius 2 is 1.62 bits per heavy atom. The molecule has 0 unspecified atom stereocenters. The number of carbonyl (C=O) groups excluding carboxylic acids is 1. The molecule has 0 fully saturated rings. The fourth-order valence-corrected chi connectivity index (χ4v) is 5.39. The number of anilines is 1. The number of amides is 1. The second kappa shape index (κ2) is 12.2. The molecule has 0 aliphatic rings. The molecule has 0 heterocycles. The van der Waals surface area contributed by atoms with E-state index in [0.29, 0.717) is 5.56 Å². The van der Waals surface area contributed by atoms with Crippen LogP contribution in [0.5, 0.6) is 5.75 Å². The molecule has 1 amide bonds. The van der Waals surface area contributed by atoms with Crippen molar-refractivity contribution < 1.29 is 27.9 Å². The third-order valence-corrected chi connectivity index (χ3v) is 7.92. The Bertz CT molecular complexity index is 1640. The first-order chi connectivity index (χ1) is 19.1. The van der Waals surface area contributed by atoms with Crippen LogP contribution in [0.25, 0.3) is 11.1 Å². The number of halogens is 1. The molecule has 0 radical (unpaired) electrons. The van der Waals surface area contributed by atoms with Crippen LogP contribution in [0.1, 0.15) is 21.5 Å². The molecule has 0 saturated heterocycles. The number of carboxylic acid groups (broad SMARTS) is 1. The third-order valence-electron chi connectivity index (χ3n) is 6.21. The van der Waals surface area contributed by atoms with Gasteiger partial charge in [-0.25, -0.2) is 13.2 Å². The minimum Gasteiger partial charge on any atom is -0.496 e. The van der Waals surface area contributed by atoms with Crippen LogP contribution >= 0.6 is 11.6 Å². The number of sulfonamides is 1. The molecule has 0 aliphatic heterocycles. The van der Waals surface area contributed by atoms with E-state index in [1.807, 2.05) is 43.3 Å². The van der Waals surface area contributed by atoms with Crippen molar-refractivity contribution in [2.24, 2.45) is 0 Å². The lowest BCUT2D eigenvalue weighted by molar-refractivity contribution is -0.139. The number of aliphatic carboxylic acids is 1. The molecule has 4 aromatic carbocycles. The molecule has 8 nitrogen and oxygen atoms in total. The minimum atomic E-state index is -3.86. The Balaban J connectivity index is 1.45. The second-order valence-electron chi connectivity index (χ2n) is 9.08. The largest absolute Gasteiger partial charge is 0.496 e. The van der Waals surface area contributed by atoms with E-state index in [4.69, 9.17) is 16.3 Å². The quantitative estimate of drug-likeness (QED) is 0.227. The molecule has 206 valence electrons. The summed E-state index contributed by atoms with van der Waals surface area (Å²) in [6, 6.07) is 24.0. The highest BCUT2D eigenvalue weighted by Crippen LogP contribution is 2.30. The molecule has 3 N–H and O–H groups in total. The first kappa shape index (κ1) is 28.7. The fourth-order valence-electron chi connectivity index (χ4n) is 4.07. The van der Waals surface area contributed by atoms with Crippen molar-refractivity contribution in [3.63, 3.8) is 0 Å². The van der Waals surface area contributed by atoms with E-state index in [-0.39, 0.29) is 27.6 Å². The lowest BCUT2D eigenvalue weighted by atomic mass is 10.00. The molecule has 40 heavy (non-hydrogen) atoms. The first-order valence-corrected chi connectivity index (χ1v) is 14.1. The standard InChI is InChI=1S/C30H27ClN2O6S/c1-19-7-14-23(15-8-19)40(37,38)33-22-13-16-25(26(31)18-22)29(34)32-27(30(35)36)17-20-9-11-21(12-10-20)24-5-3-4-6-28(24)39-2/h3-16,18,27,33H,17H2,1-2H3,(H,32,34)(H,35,36)/t27-/m0/s1. The summed E-state index contributed by atoms with van der Waals surface area (Å²) >= 11 is 6.29. The smallest absolute Gasteiger partial charge is 0.326 e. The van der Waals surface area contributed by atoms with Crippen LogP contribution in [-0.2, 0) is 21.2 Å². The zero-order chi connectivity index (χ0) is 28.9. The first-order valence-electron chi connectivity index (χ1n) is 12.2. The van der Waals surface area contributed by atoms with Crippen LogP contribution in [-0.4, -0.2) is 38.6 Å². The SMILES string of the molecule is COc1ccccc1-c1ccc(C[C@H](NC(=O)c2ccc(NS(=O)(=O)c3ccc(C)cc3)cc2Cl)C(=O)O)cc1. The Morgan fingerprint density at radius 3 is 2.25 bits per heavy atom. The van der Waals surface area contributed by atoms with Crippen LogP contribution in [0, 0.1) is 6.92 Å². The van der Waals surface area contributed by atoms with Gasteiger partial charge in [-0.05, 0) is 54.4 Å². The molecular formula is C30H27ClN2O6S. The van der Waals surface area contributed by atoms with Crippen LogP contribution in [0.4, 0.5) is 5.69 Å². The second-order valence-corrected chi connectivity index (χ2v) is 11.2. The number of hydrogen-bond acceptors (Lipinski definition) is 5. The normalized spacial score (nSPS) is 11.9. The molecule has 0 aliphatic carbocycles. The van der Waals surface area contributed by atoms with E-state index in [1.165, 1.54) is 30.3 Å². The van der Waals surface area contributed by atoms with Crippen LogP contribution in [0.3, 0.4) is 0 Å². The highest BCUT2D eigenvalue weighted by molar-refractivity contribution is 7.92. The van der Waals surface area contributed by atoms with E-state index in [1.54, 1.807) is 31.4 Å². The number of carboxylic acids is 1. The monoisotopic (exact) mass is 578 g/mol. The third kappa shape index (κ3) is 6.80. The van der Waals surface area contributed by atoms with Crippen molar-refractivity contribution in [1.82, 2.24) is 5.32 Å². The summed E-state index contributed by atoms with van der Waals surface area (Å²) in [6.45, 7) is 1.85. The maximum absolute atomic E-state index is 12.9. The van der Waals surface area contributed by atoms with Gasteiger partial charge in [0.1, 0.15) is 11.8 Å². The van der Waals surface area contributed by atoms with Gasteiger partial charge in [0.25, 0.3) is 15.9 Å². The van der Waals surface area contributed by atoms with Crippen molar-refractivity contribution in [2.45, 2.75) is 24.3 Å². The molecule has 0 aromatic heterocycles. The Labute approximate surface area is 237 Å². The van der Waals surface area contributed by atoms with Gasteiger partial charge >= 0.3 is 5.97 Å². The van der Waals surface area contributed by atoms with E-state index in [9.17, 15) is 23.1 Å². The summed E-state index contributed by atoms with van der Waals surface area (Å²) in [5.74, 6) is -1.19. The molecule has 10 heteroatoms. The molecule has 0 bridgehead atoms. The number of nitrogens with one attached hydrogen (secondary N) is 2. The summed E-state index contributed by atoms with van der Waals surface area (Å²) in [7, 11) is -2.27. The van der Waals surface area contributed by atoms with Crippen molar-refractivity contribution in [2.75, 3.05) is 11.8 Å². The number of hydrogen-bond donors (Lipinski definition) is 3. The number of rotatable bonds is 10. The zero-order valence-corrected chi connectivity index (χ0v) is 23.3. The van der Waals surface area contributed by atoms with Gasteiger partial charge in [0.2, 0.25) is 0 Å². The summed E-state index contributed by atoms with van der Waals surface area (Å²) in [4.78, 5) is 25.0. The van der Waals surface area contributed by atoms with Gasteiger partial charge in [-0.3, -0.25) is 9.52 Å². The number of ether oxygens (including phenoxy) is 1. The van der Waals surface area contributed by atoms with E-state index >= 15 is 0 Å². The van der Waals surface area contributed by atoms with Gasteiger partial charge in [0.05, 0.1) is 28.3 Å². The minimum absolute atomic E-state index is 0.0118. The van der Waals surface area contributed by atoms with Gasteiger partial charge in [0, 0.05) is 12.0 Å². The number of benzene rings is 4. The molecule has 1 atom stereocenters. The average Bonchev–Trinajstić information content (AvgIpc) is 2.93. The van der Waals surface area contributed by atoms with Crippen LogP contribution in [0.15, 0.2) is 95.9 Å². The predicted octanol–water partition coefficient (Wildman–Crippen LogP) is 5.55. The molecule has 0 spiro atoms. The number of carbonyl (C=O) groups is 2. The predicted molar refractivity (Wildman–Crippen MR) is 154 cm³/mol. The van der Waals surface area contributed by atoms with Gasteiger partial charge in [0.15, 0.2) is 0 Å². The van der Waals surface area contributed by atoms with E-state index < -0.39 is 27.9 Å². The van der Waals surface area contributed by atoms with Crippen molar-refractivity contribution >= 4 is 39.2 Å². The molecule has 0 saturated carbocycles. The summed E-state index contributed by atoms with van der Waals surface area (Å²) in [5.41, 5.74) is 3.60. The summed E-state index contributed by atoms with van der Waals surface area (Å²) in [5, 5.41) is 12.2. The van der Waals surface area contributed by atoms with Crippen molar-refractivity contribution in [3.05, 3.63) is 113 Å². The highest BCUT2D eigenvalue weighted by atomic mass is 35.5. The topological polar surface area (TPSA) is 122 Å². The fraction of sp³-hybridized carbons (Fsp3) is 0.133. The summed E-state index contributed by atoms with van der Waals surface area (Å²) < 4.78 is 33.2. The molecule has 4 rings (SSSR count). The Kier molecular flexibility index (Phi) is 8.77. The average molecular weight is 579 g/mol. The van der Waals surface area contributed by atoms with Gasteiger partial charge in [-0.2, -0.15) is 0 Å². The highest BCUT2D eigenvalue weighted by Gasteiger charge is 2.23.